The lowest BCUT2D eigenvalue weighted by molar-refractivity contribution is 0.241. The van der Waals surface area contributed by atoms with Gasteiger partial charge in [-0.1, -0.05) is 18.2 Å². The molecule has 17 heavy (non-hydrogen) atoms. The summed E-state index contributed by atoms with van der Waals surface area (Å²) in [6.45, 7) is 5.29. The molecule has 1 rings (SSSR count). The van der Waals surface area contributed by atoms with E-state index in [1.54, 1.807) is 7.05 Å². The first-order valence-electron chi connectivity index (χ1n) is 5.79. The Morgan fingerprint density at radius 1 is 1.29 bits per heavy atom. The van der Waals surface area contributed by atoms with Crippen LogP contribution in [0.3, 0.4) is 0 Å². The summed E-state index contributed by atoms with van der Waals surface area (Å²) in [6.07, 6.45) is 0.793. The minimum atomic E-state index is -0.155. The monoisotopic (exact) mass is 236 g/mol. The van der Waals surface area contributed by atoms with Crippen molar-refractivity contribution in [3.05, 3.63) is 29.3 Å². The fourth-order valence-electron chi connectivity index (χ4n) is 1.56. The summed E-state index contributed by atoms with van der Waals surface area (Å²) in [4.78, 5) is 10.9. The van der Waals surface area contributed by atoms with Gasteiger partial charge in [0.15, 0.2) is 0 Å². The van der Waals surface area contributed by atoms with E-state index < -0.39 is 0 Å². The molecule has 0 bridgehead atoms. The molecule has 0 fully saturated rings. The van der Waals surface area contributed by atoms with E-state index in [4.69, 9.17) is 4.74 Å². The van der Waals surface area contributed by atoms with Gasteiger partial charge in [0.05, 0.1) is 6.61 Å². The molecule has 0 spiro atoms. The molecule has 94 valence electrons. The second-order valence-electron chi connectivity index (χ2n) is 3.93. The maximum Gasteiger partial charge on any atom is 0.314 e. The van der Waals surface area contributed by atoms with Crippen LogP contribution in [0.15, 0.2) is 18.2 Å². The highest BCUT2D eigenvalue weighted by atomic mass is 16.5. The number of nitrogens with one attached hydrogen (secondary N) is 2. The Morgan fingerprint density at radius 2 is 1.94 bits per heavy atom. The number of amides is 2. The lowest BCUT2D eigenvalue weighted by Gasteiger charge is -2.11. The van der Waals surface area contributed by atoms with E-state index in [0.29, 0.717) is 13.2 Å². The van der Waals surface area contributed by atoms with E-state index in [0.717, 1.165) is 23.3 Å². The van der Waals surface area contributed by atoms with Crippen LogP contribution in [0.25, 0.3) is 0 Å². The maximum absolute atomic E-state index is 10.9. The van der Waals surface area contributed by atoms with Gasteiger partial charge in [-0.15, -0.1) is 0 Å². The number of hydrogen-bond donors (Lipinski definition) is 2. The van der Waals surface area contributed by atoms with Gasteiger partial charge in [0.25, 0.3) is 0 Å². The number of urea groups is 1. The second-order valence-corrected chi connectivity index (χ2v) is 3.93. The first-order chi connectivity index (χ1) is 8.15. The number of benzene rings is 1. The topological polar surface area (TPSA) is 50.4 Å². The smallest absolute Gasteiger partial charge is 0.314 e. The van der Waals surface area contributed by atoms with Gasteiger partial charge in [0.2, 0.25) is 0 Å². The van der Waals surface area contributed by atoms with Crippen molar-refractivity contribution in [3.63, 3.8) is 0 Å². The maximum atomic E-state index is 10.9. The highest BCUT2D eigenvalue weighted by molar-refractivity contribution is 5.73. The minimum absolute atomic E-state index is 0.155. The van der Waals surface area contributed by atoms with Crippen LogP contribution in [0.4, 0.5) is 4.79 Å². The highest BCUT2D eigenvalue weighted by Crippen LogP contribution is 2.22. The molecule has 0 aliphatic rings. The molecule has 0 aromatic heterocycles. The summed E-state index contributed by atoms with van der Waals surface area (Å²) in [5, 5.41) is 5.22. The number of carbonyl (C=O) groups is 1. The number of carbonyl (C=O) groups excluding carboxylic acids is 1. The fraction of sp³-hybridized carbons (Fsp3) is 0.462. The Hall–Kier alpha value is -1.71. The molecule has 0 saturated carbocycles. The second kappa shape index (κ2) is 6.78. The Balaban J connectivity index is 2.29. The van der Waals surface area contributed by atoms with Gasteiger partial charge in [-0.3, -0.25) is 0 Å². The third-order valence-corrected chi connectivity index (χ3v) is 2.49. The average Bonchev–Trinajstić information content (AvgIpc) is 2.31. The highest BCUT2D eigenvalue weighted by Gasteiger charge is 2.02. The van der Waals surface area contributed by atoms with Crippen molar-refractivity contribution in [2.45, 2.75) is 20.3 Å². The molecule has 4 heteroatoms. The molecule has 0 saturated heterocycles. The van der Waals surface area contributed by atoms with Crippen LogP contribution in [-0.4, -0.2) is 26.2 Å². The molecule has 1 aromatic rings. The molecule has 2 N–H and O–H groups in total. The molecule has 2 amide bonds. The number of rotatable bonds is 5. The van der Waals surface area contributed by atoms with Gasteiger partial charge >= 0.3 is 6.03 Å². The predicted molar refractivity (Wildman–Crippen MR) is 68.5 cm³/mol. The van der Waals surface area contributed by atoms with E-state index in [1.165, 1.54) is 0 Å². The Bertz CT molecular complexity index is 357. The zero-order valence-corrected chi connectivity index (χ0v) is 10.7. The third kappa shape index (κ3) is 4.34. The van der Waals surface area contributed by atoms with Gasteiger partial charge in [-0.2, -0.15) is 0 Å². The average molecular weight is 236 g/mol. The third-order valence-electron chi connectivity index (χ3n) is 2.49. The van der Waals surface area contributed by atoms with Crippen LogP contribution in [0.1, 0.15) is 17.5 Å². The SMILES string of the molecule is CNC(=O)NCCCOc1c(C)cccc1C. The standard InChI is InChI=1S/C13H20N2O2/c1-10-6-4-7-11(2)12(10)17-9-5-8-15-13(16)14-3/h4,6-7H,5,8-9H2,1-3H3,(H2,14,15,16). The first-order valence-corrected chi connectivity index (χ1v) is 5.79. The van der Waals surface area contributed by atoms with Gasteiger partial charge in [-0.25, -0.2) is 4.79 Å². The van der Waals surface area contributed by atoms with E-state index in [1.807, 2.05) is 32.0 Å². The van der Waals surface area contributed by atoms with Crippen molar-refractivity contribution in [1.82, 2.24) is 10.6 Å². The van der Waals surface area contributed by atoms with Crippen LogP contribution < -0.4 is 15.4 Å². The molecule has 0 aliphatic heterocycles. The predicted octanol–water partition coefficient (Wildman–Crippen LogP) is 2.00. The number of ether oxygens (including phenoxy) is 1. The van der Waals surface area contributed by atoms with Gasteiger partial charge < -0.3 is 15.4 Å². The van der Waals surface area contributed by atoms with Crippen molar-refractivity contribution in [2.24, 2.45) is 0 Å². The van der Waals surface area contributed by atoms with Gasteiger partial charge in [0, 0.05) is 13.6 Å². The van der Waals surface area contributed by atoms with Crippen LogP contribution in [0, 0.1) is 13.8 Å². The van der Waals surface area contributed by atoms with Crippen molar-refractivity contribution in [3.8, 4) is 5.75 Å². The zero-order valence-electron chi connectivity index (χ0n) is 10.7. The molecule has 0 heterocycles. The van der Waals surface area contributed by atoms with Crippen molar-refractivity contribution < 1.29 is 9.53 Å². The summed E-state index contributed by atoms with van der Waals surface area (Å²) >= 11 is 0. The summed E-state index contributed by atoms with van der Waals surface area (Å²) in [5.74, 6) is 0.951. The first kappa shape index (κ1) is 13.4. The Labute approximate surface area is 102 Å². The Morgan fingerprint density at radius 3 is 2.53 bits per heavy atom. The summed E-state index contributed by atoms with van der Waals surface area (Å²) < 4.78 is 5.71. The number of aryl methyl sites for hydroxylation is 2. The molecule has 0 radical (unpaired) electrons. The normalized spacial score (nSPS) is 9.82. The molecule has 0 unspecified atom stereocenters. The van der Waals surface area contributed by atoms with Crippen LogP contribution in [0.2, 0.25) is 0 Å². The van der Waals surface area contributed by atoms with E-state index in [-0.39, 0.29) is 6.03 Å². The van der Waals surface area contributed by atoms with Crippen molar-refractivity contribution in [1.29, 1.82) is 0 Å². The lowest BCUT2D eigenvalue weighted by atomic mass is 10.1. The van der Waals surface area contributed by atoms with Crippen LogP contribution in [-0.2, 0) is 0 Å². The summed E-state index contributed by atoms with van der Waals surface area (Å²) in [6, 6.07) is 5.93. The summed E-state index contributed by atoms with van der Waals surface area (Å²) in [5.41, 5.74) is 2.29. The van der Waals surface area contributed by atoms with Gasteiger partial charge in [0.1, 0.15) is 5.75 Å². The zero-order chi connectivity index (χ0) is 12.7. The lowest BCUT2D eigenvalue weighted by Crippen LogP contribution is -2.33. The molecule has 0 atom stereocenters. The van der Waals surface area contributed by atoms with Gasteiger partial charge in [-0.05, 0) is 31.4 Å². The van der Waals surface area contributed by atoms with Crippen molar-refractivity contribution in [2.75, 3.05) is 20.2 Å². The molecule has 0 aliphatic carbocycles. The molecular weight excluding hydrogens is 216 g/mol. The molecule has 4 nitrogen and oxygen atoms in total. The fourth-order valence-corrected chi connectivity index (χ4v) is 1.56. The Kier molecular flexibility index (Phi) is 5.33. The van der Waals surface area contributed by atoms with Crippen LogP contribution >= 0.6 is 0 Å². The van der Waals surface area contributed by atoms with E-state index >= 15 is 0 Å². The number of para-hydroxylation sites is 1. The van der Waals surface area contributed by atoms with E-state index in [9.17, 15) is 4.79 Å². The number of hydrogen-bond acceptors (Lipinski definition) is 2. The minimum Gasteiger partial charge on any atom is -0.493 e. The van der Waals surface area contributed by atoms with Crippen LogP contribution in [0.5, 0.6) is 5.75 Å². The summed E-state index contributed by atoms with van der Waals surface area (Å²) in [7, 11) is 1.60. The van der Waals surface area contributed by atoms with Crippen molar-refractivity contribution >= 4 is 6.03 Å². The molecule has 1 aromatic carbocycles. The largest absolute Gasteiger partial charge is 0.493 e. The molecular formula is C13H20N2O2. The van der Waals surface area contributed by atoms with E-state index in [2.05, 4.69) is 10.6 Å². The quantitative estimate of drug-likeness (QED) is 0.768.